The topological polar surface area (TPSA) is 72.7 Å². The molecular formula is C14H20N2O4. The molecule has 110 valence electrons. The van der Waals surface area contributed by atoms with E-state index in [0.29, 0.717) is 26.0 Å². The van der Waals surface area contributed by atoms with Crippen LogP contribution in [-0.2, 0) is 16.1 Å². The van der Waals surface area contributed by atoms with Crippen LogP contribution >= 0.6 is 0 Å². The fourth-order valence-electron chi connectivity index (χ4n) is 1.89. The number of nitro groups is 1. The third kappa shape index (κ3) is 5.79. The quantitative estimate of drug-likeness (QED) is 0.415. The highest BCUT2D eigenvalue weighted by Crippen LogP contribution is 2.14. The van der Waals surface area contributed by atoms with Crippen molar-refractivity contribution in [1.29, 1.82) is 0 Å². The Morgan fingerprint density at radius 3 is 2.85 bits per heavy atom. The highest BCUT2D eigenvalue weighted by Gasteiger charge is 2.08. The molecule has 0 aliphatic rings. The van der Waals surface area contributed by atoms with Crippen molar-refractivity contribution in [3.05, 3.63) is 39.9 Å². The largest absolute Gasteiger partial charge is 0.466 e. The standard InChI is InChI=1S/C14H20N2O4/c1-3-20-14(17)8-5-9-15(2)11-12-6-4-7-13(10-12)16(18)19/h4,6-7,10H,3,5,8-9,11H2,1-2H3. The van der Waals surface area contributed by atoms with Gasteiger partial charge in [0, 0.05) is 25.1 Å². The molecular weight excluding hydrogens is 260 g/mol. The Kier molecular flexibility index (Phi) is 6.66. The molecule has 0 spiro atoms. The number of benzene rings is 1. The van der Waals surface area contributed by atoms with E-state index in [2.05, 4.69) is 0 Å². The van der Waals surface area contributed by atoms with Crippen LogP contribution < -0.4 is 0 Å². The summed E-state index contributed by atoms with van der Waals surface area (Å²) in [5.74, 6) is -0.184. The van der Waals surface area contributed by atoms with Gasteiger partial charge in [-0.3, -0.25) is 14.9 Å². The van der Waals surface area contributed by atoms with E-state index in [0.717, 1.165) is 12.1 Å². The first-order valence-corrected chi connectivity index (χ1v) is 6.60. The first kappa shape index (κ1) is 16.1. The van der Waals surface area contributed by atoms with Gasteiger partial charge in [-0.25, -0.2) is 0 Å². The monoisotopic (exact) mass is 280 g/mol. The predicted octanol–water partition coefficient (Wildman–Crippen LogP) is 2.37. The molecule has 0 unspecified atom stereocenters. The van der Waals surface area contributed by atoms with Crippen LogP contribution in [0.2, 0.25) is 0 Å². The lowest BCUT2D eigenvalue weighted by Crippen LogP contribution is -2.20. The minimum absolute atomic E-state index is 0.0995. The fourth-order valence-corrected chi connectivity index (χ4v) is 1.89. The molecule has 0 fully saturated rings. The van der Waals surface area contributed by atoms with Crippen molar-refractivity contribution in [3.8, 4) is 0 Å². The average molecular weight is 280 g/mol. The molecule has 20 heavy (non-hydrogen) atoms. The molecule has 0 radical (unpaired) electrons. The third-order valence-corrected chi connectivity index (χ3v) is 2.80. The van der Waals surface area contributed by atoms with Gasteiger partial charge in [-0.1, -0.05) is 12.1 Å². The van der Waals surface area contributed by atoms with E-state index in [1.54, 1.807) is 19.1 Å². The molecule has 1 rings (SSSR count). The zero-order valence-corrected chi connectivity index (χ0v) is 11.9. The molecule has 0 amide bonds. The van der Waals surface area contributed by atoms with Crippen molar-refractivity contribution in [2.75, 3.05) is 20.2 Å². The first-order chi connectivity index (χ1) is 9.52. The Morgan fingerprint density at radius 2 is 2.20 bits per heavy atom. The molecule has 1 aromatic rings. The van der Waals surface area contributed by atoms with E-state index in [9.17, 15) is 14.9 Å². The lowest BCUT2D eigenvalue weighted by Gasteiger charge is -2.16. The van der Waals surface area contributed by atoms with Gasteiger partial charge >= 0.3 is 5.97 Å². The maximum atomic E-state index is 11.2. The van der Waals surface area contributed by atoms with Crippen molar-refractivity contribution < 1.29 is 14.5 Å². The van der Waals surface area contributed by atoms with Gasteiger partial charge in [0.15, 0.2) is 0 Å². The molecule has 0 aromatic heterocycles. The highest BCUT2D eigenvalue weighted by molar-refractivity contribution is 5.69. The number of carbonyl (C=O) groups excluding carboxylic acids is 1. The summed E-state index contributed by atoms with van der Waals surface area (Å²) in [5, 5.41) is 10.7. The number of nitrogens with zero attached hydrogens (tertiary/aromatic N) is 2. The van der Waals surface area contributed by atoms with Gasteiger partial charge in [-0.15, -0.1) is 0 Å². The van der Waals surface area contributed by atoms with E-state index in [1.807, 2.05) is 18.0 Å². The van der Waals surface area contributed by atoms with Gasteiger partial charge in [0.05, 0.1) is 11.5 Å². The fraction of sp³-hybridized carbons (Fsp3) is 0.500. The van der Waals surface area contributed by atoms with Gasteiger partial charge < -0.3 is 9.64 Å². The lowest BCUT2D eigenvalue weighted by atomic mass is 10.2. The number of nitro benzene ring substituents is 1. The minimum atomic E-state index is -0.399. The zero-order valence-electron chi connectivity index (χ0n) is 11.9. The summed E-state index contributed by atoms with van der Waals surface area (Å²) < 4.78 is 4.85. The maximum Gasteiger partial charge on any atom is 0.305 e. The average Bonchev–Trinajstić information content (AvgIpc) is 2.39. The highest BCUT2D eigenvalue weighted by atomic mass is 16.6. The Bertz CT molecular complexity index is 462. The van der Waals surface area contributed by atoms with Crippen molar-refractivity contribution in [3.63, 3.8) is 0 Å². The van der Waals surface area contributed by atoms with Crippen LogP contribution in [0.1, 0.15) is 25.3 Å². The number of hydrogen-bond acceptors (Lipinski definition) is 5. The Balaban J connectivity index is 2.38. The maximum absolute atomic E-state index is 11.2. The summed E-state index contributed by atoms with van der Waals surface area (Å²) in [5.41, 5.74) is 0.986. The molecule has 1 aromatic carbocycles. The minimum Gasteiger partial charge on any atom is -0.466 e. The molecule has 0 aliphatic heterocycles. The van der Waals surface area contributed by atoms with E-state index in [1.165, 1.54) is 6.07 Å². The molecule has 0 N–H and O–H groups in total. The van der Waals surface area contributed by atoms with Crippen LogP contribution in [-0.4, -0.2) is 36.0 Å². The molecule has 0 atom stereocenters. The number of non-ortho nitro benzene ring substituents is 1. The first-order valence-electron chi connectivity index (χ1n) is 6.60. The second-order valence-corrected chi connectivity index (χ2v) is 4.57. The molecule has 0 heterocycles. The summed E-state index contributed by atoms with van der Waals surface area (Å²) in [4.78, 5) is 23.5. The van der Waals surface area contributed by atoms with Crippen molar-refractivity contribution in [2.45, 2.75) is 26.3 Å². The summed E-state index contributed by atoms with van der Waals surface area (Å²) in [7, 11) is 1.92. The van der Waals surface area contributed by atoms with Crippen LogP contribution in [0.3, 0.4) is 0 Å². The van der Waals surface area contributed by atoms with Crippen molar-refractivity contribution in [1.82, 2.24) is 4.90 Å². The van der Waals surface area contributed by atoms with Gasteiger partial charge in [-0.2, -0.15) is 0 Å². The predicted molar refractivity (Wildman–Crippen MR) is 75.3 cm³/mol. The van der Waals surface area contributed by atoms with E-state index in [-0.39, 0.29) is 11.7 Å². The molecule has 0 aliphatic carbocycles. The van der Waals surface area contributed by atoms with Crippen LogP contribution in [0.25, 0.3) is 0 Å². The van der Waals surface area contributed by atoms with Gasteiger partial charge in [0.1, 0.15) is 0 Å². The summed E-state index contributed by atoms with van der Waals surface area (Å²) in [6.45, 7) is 3.54. The number of ether oxygens (including phenoxy) is 1. The van der Waals surface area contributed by atoms with Crippen LogP contribution in [0.5, 0.6) is 0 Å². The van der Waals surface area contributed by atoms with Gasteiger partial charge in [-0.05, 0) is 32.5 Å². The number of hydrogen-bond donors (Lipinski definition) is 0. The molecule has 0 saturated heterocycles. The number of rotatable bonds is 8. The third-order valence-electron chi connectivity index (χ3n) is 2.80. The Morgan fingerprint density at radius 1 is 1.45 bits per heavy atom. The van der Waals surface area contributed by atoms with Crippen molar-refractivity contribution in [2.24, 2.45) is 0 Å². The second kappa shape index (κ2) is 8.27. The zero-order chi connectivity index (χ0) is 15.0. The Labute approximate surface area is 118 Å². The Hall–Kier alpha value is -1.95. The van der Waals surface area contributed by atoms with E-state index >= 15 is 0 Å². The SMILES string of the molecule is CCOC(=O)CCCN(C)Cc1cccc([N+](=O)[O-])c1. The van der Waals surface area contributed by atoms with E-state index in [4.69, 9.17) is 4.74 Å². The van der Waals surface area contributed by atoms with Gasteiger partial charge in [0.25, 0.3) is 5.69 Å². The number of esters is 1. The normalized spacial score (nSPS) is 10.6. The van der Waals surface area contributed by atoms with Crippen LogP contribution in [0, 0.1) is 10.1 Å². The molecule has 6 nitrogen and oxygen atoms in total. The number of carbonyl (C=O) groups is 1. The van der Waals surface area contributed by atoms with E-state index < -0.39 is 4.92 Å². The summed E-state index contributed by atoms with van der Waals surface area (Å²) >= 11 is 0. The molecule has 0 saturated carbocycles. The summed E-state index contributed by atoms with van der Waals surface area (Å²) in [6.07, 6.45) is 1.11. The second-order valence-electron chi connectivity index (χ2n) is 4.57. The lowest BCUT2D eigenvalue weighted by molar-refractivity contribution is -0.384. The molecule has 6 heteroatoms. The smallest absolute Gasteiger partial charge is 0.305 e. The molecule has 0 bridgehead atoms. The van der Waals surface area contributed by atoms with Gasteiger partial charge in [0.2, 0.25) is 0 Å². The van der Waals surface area contributed by atoms with Crippen molar-refractivity contribution >= 4 is 11.7 Å². The van der Waals surface area contributed by atoms with Crippen LogP contribution in [0.4, 0.5) is 5.69 Å². The van der Waals surface area contributed by atoms with Crippen LogP contribution in [0.15, 0.2) is 24.3 Å². The summed E-state index contributed by atoms with van der Waals surface area (Å²) in [6, 6.07) is 6.58.